The van der Waals surface area contributed by atoms with Crippen LogP contribution in [0, 0.1) is 0 Å². The lowest BCUT2D eigenvalue weighted by molar-refractivity contribution is -0.123. The van der Waals surface area contributed by atoms with E-state index in [2.05, 4.69) is 41.3 Å². The van der Waals surface area contributed by atoms with E-state index < -0.39 is 0 Å². The molecule has 4 nitrogen and oxygen atoms in total. The second kappa shape index (κ2) is 8.46. The number of phenols is 1. The molecule has 1 aliphatic rings. The Morgan fingerprint density at radius 3 is 2.47 bits per heavy atom. The van der Waals surface area contributed by atoms with Crippen LogP contribution in [0.25, 0.3) is 6.08 Å². The number of rotatable bonds is 4. The topological polar surface area (TPSA) is 43.8 Å². The van der Waals surface area contributed by atoms with E-state index >= 15 is 0 Å². The summed E-state index contributed by atoms with van der Waals surface area (Å²) in [4.78, 5) is 15.7. The van der Waals surface area contributed by atoms with Crippen molar-refractivity contribution in [3.05, 3.63) is 101 Å². The third kappa shape index (κ3) is 4.08. The average molecular weight is 399 g/mol. The van der Waals surface area contributed by atoms with Gasteiger partial charge in [0, 0.05) is 32.4 Å². The van der Waals surface area contributed by atoms with Crippen LogP contribution >= 0.6 is 0 Å². The lowest BCUT2D eigenvalue weighted by atomic mass is 9.87. The zero-order valence-electron chi connectivity index (χ0n) is 17.3. The van der Waals surface area contributed by atoms with Gasteiger partial charge in [0.2, 0.25) is 5.91 Å². The quantitative estimate of drug-likeness (QED) is 0.651. The van der Waals surface area contributed by atoms with Crippen molar-refractivity contribution < 1.29 is 9.90 Å². The third-order valence-corrected chi connectivity index (χ3v) is 5.55. The van der Waals surface area contributed by atoms with Gasteiger partial charge < -0.3 is 14.9 Å². The summed E-state index contributed by atoms with van der Waals surface area (Å²) in [5, 5.41) is 9.94. The molecule has 0 radical (unpaired) electrons. The van der Waals surface area contributed by atoms with Gasteiger partial charge in [0.15, 0.2) is 0 Å². The second-order valence-corrected chi connectivity index (χ2v) is 7.80. The van der Waals surface area contributed by atoms with Gasteiger partial charge in [-0.1, -0.05) is 48.5 Å². The van der Waals surface area contributed by atoms with Crippen LogP contribution < -0.4 is 4.90 Å². The molecule has 1 heterocycles. The minimum atomic E-state index is -0.0286. The Morgan fingerprint density at radius 2 is 1.77 bits per heavy atom. The van der Waals surface area contributed by atoms with E-state index in [1.807, 2.05) is 36.4 Å². The SMILES string of the molecule is CN(C)C(=O)/C=C/c1ccc(N2CCc3cc(O)ccc3C2c2ccccc2)cc1. The molecule has 3 aromatic rings. The molecule has 0 bridgehead atoms. The van der Waals surface area contributed by atoms with Gasteiger partial charge in [-0.25, -0.2) is 0 Å². The lowest BCUT2D eigenvalue weighted by Crippen LogP contribution is -2.36. The Hall–Kier alpha value is -3.53. The van der Waals surface area contributed by atoms with Gasteiger partial charge in [-0.2, -0.15) is 0 Å². The zero-order valence-corrected chi connectivity index (χ0v) is 17.3. The van der Waals surface area contributed by atoms with Gasteiger partial charge in [-0.3, -0.25) is 4.79 Å². The van der Waals surface area contributed by atoms with Gasteiger partial charge in [0.25, 0.3) is 0 Å². The van der Waals surface area contributed by atoms with Crippen LogP contribution in [0.5, 0.6) is 5.75 Å². The molecule has 4 rings (SSSR count). The monoisotopic (exact) mass is 398 g/mol. The molecule has 1 unspecified atom stereocenters. The highest BCUT2D eigenvalue weighted by Gasteiger charge is 2.29. The number of fused-ring (bicyclic) bond motifs is 1. The molecule has 1 aliphatic heterocycles. The summed E-state index contributed by atoms with van der Waals surface area (Å²) in [6.45, 7) is 0.865. The fourth-order valence-electron chi connectivity index (χ4n) is 3.98. The van der Waals surface area contributed by atoms with Crippen molar-refractivity contribution in [1.29, 1.82) is 0 Å². The molecule has 1 amide bonds. The summed E-state index contributed by atoms with van der Waals surface area (Å²) in [5.74, 6) is 0.288. The highest BCUT2D eigenvalue weighted by atomic mass is 16.3. The molecule has 0 aromatic heterocycles. The van der Waals surface area contributed by atoms with Crippen LogP contribution in [0.4, 0.5) is 5.69 Å². The van der Waals surface area contributed by atoms with E-state index in [9.17, 15) is 9.90 Å². The Labute approximate surface area is 177 Å². The van der Waals surface area contributed by atoms with Gasteiger partial charge >= 0.3 is 0 Å². The Morgan fingerprint density at radius 1 is 1.03 bits per heavy atom. The number of likely N-dealkylation sites (N-methyl/N-ethyl adjacent to an activating group) is 1. The first-order valence-corrected chi connectivity index (χ1v) is 10.2. The van der Waals surface area contributed by atoms with E-state index in [1.54, 1.807) is 31.1 Å². The average Bonchev–Trinajstić information content (AvgIpc) is 2.77. The first-order valence-electron chi connectivity index (χ1n) is 10.2. The maximum atomic E-state index is 11.8. The van der Waals surface area contributed by atoms with Crippen molar-refractivity contribution in [2.75, 3.05) is 25.5 Å². The minimum absolute atomic E-state index is 0.0286. The highest BCUT2D eigenvalue weighted by Crippen LogP contribution is 2.39. The van der Waals surface area contributed by atoms with Crippen LogP contribution in [0.15, 0.2) is 78.9 Å². The maximum absolute atomic E-state index is 11.8. The molecule has 0 saturated carbocycles. The second-order valence-electron chi connectivity index (χ2n) is 7.80. The molecule has 1 N–H and O–H groups in total. The minimum Gasteiger partial charge on any atom is -0.508 e. The van der Waals surface area contributed by atoms with Gasteiger partial charge in [-0.05, 0) is 59.0 Å². The number of hydrogen-bond donors (Lipinski definition) is 1. The zero-order chi connectivity index (χ0) is 21.1. The van der Waals surface area contributed by atoms with E-state index in [1.165, 1.54) is 16.7 Å². The fraction of sp³-hybridized carbons (Fsp3) is 0.192. The first-order chi connectivity index (χ1) is 14.5. The van der Waals surface area contributed by atoms with Crippen molar-refractivity contribution in [2.45, 2.75) is 12.5 Å². The summed E-state index contributed by atoms with van der Waals surface area (Å²) in [6.07, 6.45) is 4.31. The molecule has 3 aromatic carbocycles. The number of phenolic OH excluding ortho intramolecular Hbond substituents is 1. The van der Waals surface area contributed by atoms with Crippen LogP contribution in [-0.4, -0.2) is 36.6 Å². The van der Waals surface area contributed by atoms with E-state index in [0.29, 0.717) is 5.75 Å². The van der Waals surface area contributed by atoms with Gasteiger partial charge in [0.05, 0.1) is 6.04 Å². The summed E-state index contributed by atoms with van der Waals surface area (Å²) >= 11 is 0. The number of carbonyl (C=O) groups is 1. The number of anilines is 1. The smallest absolute Gasteiger partial charge is 0.246 e. The molecule has 4 heteroatoms. The van der Waals surface area contributed by atoms with Crippen LogP contribution in [-0.2, 0) is 11.2 Å². The van der Waals surface area contributed by atoms with Crippen molar-refractivity contribution in [1.82, 2.24) is 4.90 Å². The predicted molar refractivity (Wildman–Crippen MR) is 122 cm³/mol. The number of nitrogens with zero attached hydrogens (tertiary/aromatic N) is 2. The Kier molecular flexibility index (Phi) is 5.57. The van der Waals surface area contributed by atoms with E-state index in [-0.39, 0.29) is 11.9 Å². The predicted octanol–water partition coefficient (Wildman–Crippen LogP) is 4.65. The summed E-state index contributed by atoms with van der Waals surface area (Å²) < 4.78 is 0. The number of aromatic hydroxyl groups is 1. The van der Waals surface area contributed by atoms with E-state index in [4.69, 9.17) is 0 Å². The number of benzene rings is 3. The lowest BCUT2D eigenvalue weighted by Gasteiger charge is -2.39. The molecular weight excluding hydrogens is 372 g/mol. The van der Waals surface area contributed by atoms with Crippen LogP contribution in [0.2, 0.25) is 0 Å². The molecule has 0 fully saturated rings. The first kappa shape index (κ1) is 19.8. The summed E-state index contributed by atoms with van der Waals surface area (Å²) in [6, 6.07) is 24.6. The number of hydrogen-bond acceptors (Lipinski definition) is 3. The molecule has 0 aliphatic carbocycles. The largest absolute Gasteiger partial charge is 0.508 e. The molecule has 0 saturated heterocycles. The third-order valence-electron chi connectivity index (χ3n) is 5.55. The summed E-state index contributed by atoms with van der Waals surface area (Å²) in [5.41, 5.74) is 5.78. The standard InChI is InChI=1S/C26H26N2O2/c1-27(2)25(30)15-10-19-8-11-22(12-9-19)28-17-16-21-18-23(29)13-14-24(21)26(28)20-6-4-3-5-7-20/h3-15,18,26,29H,16-17H2,1-2H3/b15-10+. The molecule has 1 atom stereocenters. The van der Waals surface area contributed by atoms with Crippen molar-refractivity contribution >= 4 is 17.7 Å². The molecule has 0 spiro atoms. The number of carbonyl (C=O) groups excluding carboxylic acids is 1. The van der Waals surface area contributed by atoms with E-state index in [0.717, 1.165) is 24.2 Å². The molecule has 30 heavy (non-hydrogen) atoms. The van der Waals surface area contributed by atoms with Gasteiger partial charge in [-0.15, -0.1) is 0 Å². The Balaban J connectivity index is 1.67. The fourth-order valence-corrected chi connectivity index (χ4v) is 3.98. The van der Waals surface area contributed by atoms with Gasteiger partial charge in [0.1, 0.15) is 5.75 Å². The normalized spacial score (nSPS) is 15.8. The molecule has 152 valence electrons. The van der Waals surface area contributed by atoms with Crippen LogP contribution in [0.1, 0.15) is 28.3 Å². The number of amides is 1. The summed E-state index contributed by atoms with van der Waals surface area (Å²) in [7, 11) is 3.49. The van der Waals surface area contributed by atoms with Crippen molar-refractivity contribution in [2.24, 2.45) is 0 Å². The van der Waals surface area contributed by atoms with Crippen molar-refractivity contribution in [3.63, 3.8) is 0 Å². The Bertz CT molecular complexity index is 1060. The highest BCUT2D eigenvalue weighted by molar-refractivity contribution is 5.91. The maximum Gasteiger partial charge on any atom is 0.246 e. The van der Waals surface area contributed by atoms with Crippen LogP contribution in [0.3, 0.4) is 0 Å². The van der Waals surface area contributed by atoms with Crippen molar-refractivity contribution in [3.8, 4) is 5.75 Å². The molecular formula is C26H26N2O2.